The third-order valence-corrected chi connectivity index (χ3v) is 3.49. The Morgan fingerprint density at radius 3 is 2.79 bits per heavy atom. The highest BCUT2D eigenvalue weighted by molar-refractivity contribution is 7.09. The van der Waals surface area contributed by atoms with Gasteiger partial charge < -0.3 is 11.1 Å². The van der Waals surface area contributed by atoms with Crippen LogP contribution in [0.15, 0.2) is 24.3 Å². The van der Waals surface area contributed by atoms with Crippen LogP contribution in [-0.2, 0) is 6.42 Å². The van der Waals surface area contributed by atoms with Gasteiger partial charge in [-0.3, -0.25) is 0 Å². The van der Waals surface area contributed by atoms with Crippen LogP contribution >= 0.6 is 11.5 Å². The zero-order chi connectivity index (χ0) is 13.7. The molecule has 0 spiro atoms. The minimum absolute atomic E-state index is 0.129. The number of halogens is 1. The summed E-state index contributed by atoms with van der Waals surface area (Å²) in [6, 6.07) is 6.51. The van der Waals surface area contributed by atoms with Gasteiger partial charge in [-0.25, -0.2) is 9.37 Å². The molecule has 0 saturated carbocycles. The van der Waals surface area contributed by atoms with Gasteiger partial charge in [0, 0.05) is 30.5 Å². The molecule has 0 radical (unpaired) electrons. The van der Waals surface area contributed by atoms with Crippen LogP contribution in [0.1, 0.15) is 24.7 Å². The van der Waals surface area contributed by atoms with Gasteiger partial charge in [-0.1, -0.05) is 19.1 Å². The predicted octanol–water partition coefficient (Wildman–Crippen LogP) is 2.42. The maximum atomic E-state index is 12.8. The number of hydrogen-bond donors (Lipinski definition) is 2. The third kappa shape index (κ3) is 4.25. The molecule has 2 aromatic rings. The SMILES string of the molecule is CCC(N)CNc1nc(Cc2ccc(F)cc2)ns1. The summed E-state index contributed by atoms with van der Waals surface area (Å²) in [5.74, 6) is 0.509. The zero-order valence-corrected chi connectivity index (χ0v) is 11.6. The average Bonchev–Trinajstić information content (AvgIpc) is 2.86. The van der Waals surface area contributed by atoms with Gasteiger partial charge in [-0.15, -0.1) is 0 Å². The molecule has 3 N–H and O–H groups in total. The first-order valence-corrected chi connectivity index (χ1v) is 7.01. The van der Waals surface area contributed by atoms with Crippen molar-refractivity contribution in [1.82, 2.24) is 9.36 Å². The third-order valence-electron chi connectivity index (χ3n) is 2.78. The summed E-state index contributed by atoms with van der Waals surface area (Å²) in [4.78, 5) is 4.38. The molecule has 6 heteroatoms. The second-order valence-electron chi connectivity index (χ2n) is 4.37. The Hall–Kier alpha value is -1.53. The number of aromatic nitrogens is 2. The highest BCUT2D eigenvalue weighted by Crippen LogP contribution is 2.14. The summed E-state index contributed by atoms with van der Waals surface area (Å²) in [6.45, 7) is 2.74. The smallest absolute Gasteiger partial charge is 0.202 e. The number of rotatable bonds is 6. The molecule has 0 aliphatic rings. The van der Waals surface area contributed by atoms with Crippen molar-refractivity contribution < 1.29 is 4.39 Å². The lowest BCUT2D eigenvalue weighted by molar-refractivity contribution is 0.627. The lowest BCUT2D eigenvalue weighted by Crippen LogP contribution is -2.27. The standard InChI is InChI=1S/C13H17FN4S/c1-2-11(15)8-16-13-17-12(18-19-13)7-9-3-5-10(14)6-4-9/h3-6,11H,2,7-8,15H2,1H3,(H,16,17,18). The van der Waals surface area contributed by atoms with E-state index in [0.717, 1.165) is 22.9 Å². The fourth-order valence-corrected chi connectivity index (χ4v) is 2.14. The van der Waals surface area contributed by atoms with E-state index in [1.54, 1.807) is 12.1 Å². The van der Waals surface area contributed by atoms with Gasteiger partial charge in [0.1, 0.15) is 11.6 Å². The van der Waals surface area contributed by atoms with Crippen LogP contribution in [-0.4, -0.2) is 21.9 Å². The van der Waals surface area contributed by atoms with E-state index in [0.29, 0.717) is 13.0 Å². The molecule has 0 fully saturated rings. The van der Waals surface area contributed by atoms with Gasteiger partial charge in [0.2, 0.25) is 5.13 Å². The monoisotopic (exact) mass is 280 g/mol. The van der Waals surface area contributed by atoms with Gasteiger partial charge in [0.05, 0.1) is 0 Å². The fourth-order valence-electron chi connectivity index (χ4n) is 1.55. The molecule has 19 heavy (non-hydrogen) atoms. The van der Waals surface area contributed by atoms with E-state index < -0.39 is 0 Å². The molecule has 0 aliphatic heterocycles. The Morgan fingerprint density at radius 2 is 2.11 bits per heavy atom. The van der Waals surface area contributed by atoms with E-state index in [1.807, 2.05) is 6.92 Å². The van der Waals surface area contributed by atoms with Gasteiger partial charge in [0.25, 0.3) is 0 Å². The molecule has 1 unspecified atom stereocenters. The van der Waals surface area contributed by atoms with Crippen LogP contribution in [0, 0.1) is 5.82 Å². The molecule has 0 amide bonds. The van der Waals surface area contributed by atoms with Crippen molar-refractivity contribution in [2.75, 3.05) is 11.9 Å². The molecule has 1 aromatic heterocycles. The first-order valence-electron chi connectivity index (χ1n) is 6.24. The van der Waals surface area contributed by atoms with E-state index in [4.69, 9.17) is 5.73 Å². The minimum atomic E-state index is -0.231. The van der Waals surface area contributed by atoms with Crippen LogP contribution < -0.4 is 11.1 Å². The normalized spacial score (nSPS) is 12.4. The Labute approximate surface area is 116 Å². The maximum absolute atomic E-state index is 12.8. The van der Waals surface area contributed by atoms with Crippen molar-refractivity contribution in [3.8, 4) is 0 Å². The first kappa shape index (κ1) is 13.9. The van der Waals surface area contributed by atoms with Crippen molar-refractivity contribution in [3.05, 3.63) is 41.5 Å². The molecule has 0 aliphatic carbocycles. The molecule has 4 nitrogen and oxygen atoms in total. The van der Waals surface area contributed by atoms with Gasteiger partial charge in [-0.05, 0) is 24.1 Å². The Bertz CT molecular complexity index is 512. The number of anilines is 1. The van der Waals surface area contributed by atoms with E-state index in [9.17, 15) is 4.39 Å². The molecule has 0 saturated heterocycles. The summed E-state index contributed by atoms with van der Waals surface area (Å²) in [6.07, 6.45) is 1.53. The van der Waals surface area contributed by atoms with Crippen molar-refractivity contribution >= 4 is 16.7 Å². The summed E-state index contributed by atoms with van der Waals surface area (Å²) < 4.78 is 17.1. The summed E-state index contributed by atoms with van der Waals surface area (Å²) in [5.41, 5.74) is 6.82. The maximum Gasteiger partial charge on any atom is 0.202 e. The number of nitrogens with zero attached hydrogens (tertiary/aromatic N) is 2. The predicted molar refractivity (Wildman–Crippen MR) is 75.9 cm³/mol. The highest BCUT2D eigenvalue weighted by Gasteiger charge is 2.06. The van der Waals surface area contributed by atoms with Crippen molar-refractivity contribution in [2.24, 2.45) is 5.73 Å². The second-order valence-corrected chi connectivity index (χ2v) is 5.12. The molecule has 1 atom stereocenters. The van der Waals surface area contributed by atoms with Crippen LogP contribution in [0.3, 0.4) is 0 Å². The average molecular weight is 280 g/mol. The summed E-state index contributed by atoms with van der Waals surface area (Å²) in [5, 5.41) is 3.95. The van der Waals surface area contributed by atoms with Crippen LogP contribution in [0.2, 0.25) is 0 Å². The van der Waals surface area contributed by atoms with E-state index in [-0.39, 0.29) is 11.9 Å². The van der Waals surface area contributed by atoms with Crippen LogP contribution in [0.4, 0.5) is 9.52 Å². The highest BCUT2D eigenvalue weighted by atomic mass is 32.1. The van der Waals surface area contributed by atoms with E-state index in [2.05, 4.69) is 14.7 Å². The zero-order valence-electron chi connectivity index (χ0n) is 10.8. The molecule has 1 heterocycles. The largest absolute Gasteiger partial charge is 0.359 e. The second kappa shape index (κ2) is 6.58. The lowest BCUT2D eigenvalue weighted by atomic mass is 10.1. The summed E-state index contributed by atoms with van der Waals surface area (Å²) in [7, 11) is 0. The van der Waals surface area contributed by atoms with Crippen molar-refractivity contribution in [3.63, 3.8) is 0 Å². The fraction of sp³-hybridized carbons (Fsp3) is 0.385. The Balaban J connectivity index is 1.91. The van der Waals surface area contributed by atoms with E-state index >= 15 is 0 Å². The molecule has 102 valence electrons. The lowest BCUT2D eigenvalue weighted by Gasteiger charge is -2.07. The van der Waals surface area contributed by atoms with Gasteiger partial charge >= 0.3 is 0 Å². The van der Waals surface area contributed by atoms with Crippen LogP contribution in [0.25, 0.3) is 0 Å². The van der Waals surface area contributed by atoms with Gasteiger partial charge in [0.15, 0.2) is 0 Å². The number of nitrogens with two attached hydrogens (primary N) is 1. The van der Waals surface area contributed by atoms with E-state index in [1.165, 1.54) is 23.7 Å². The minimum Gasteiger partial charge on any atom is -0.359 e. The van der Waals surface area contributed by atoms with Gasteiger partial charge in [-0.2, -0.15) is 4.37 Å². The summed E-state index contributed by atoms with van der Waals surface area (Å²) >= 11 is 1.32. The topological polar surface area (TPSA) is 63.8 Å². The number of benzene rings is 1. The molecule has 1 aromatic carbocycles. The molecule has 2 rings (SSSR count). The number of hydrogen-bond acceptors (Lipinski definition) is 5. The Kier molecular flexibility index (Phi) is 4.81. The molecular weight excluding hydrogens is 263 g/mol. The van der Waals surface area contributed by atoms with Crippen molar-refractivity contribution in [1.29, 1.82) is 0 Å². The molecular formula is C13H17FN4S. The molecule has 0 bridgehead atoms. The van der Waals surface area contributed by atoms with Crippen molar-refractivity contribution in [2.45, 2.75) is 25.8 Å². The van der Waals surface area contributed by atoms with Crippen LogP contribution in [0.5, 0.6) is 0 Å². The Morgan fingerprint density at radius 1 is 1.37 bits per heavy atom. The first-order chi connectivity index (χ1) is 9.17. The quantitative estimate of drug-likeness (QED) is 0.853. The number of nitrogens with one attached hydrogen (secondary N) is 1.